The summed E-state index contributed by atoms with van der Waals surface area (Å²) in [4.78, 5) is 29.4. The zero-order chi connectivity index (χ0) is 27.3. The number of hydrogen-bond donors (Lipinski definition) is 2. The van der Waals surface area contributed by atoms with Gasteiger partial charge in [0.05, 0.1) is 6.04 Å². The fourth-order valence-electron chi connectivity index (χ4n) is 4.20. The Morgan fingerprint density at radius 3 is 2.31 bits per heavy atom. The van der Waals surface area contributed by atoms with Crippen LogP contribution >= 0.6 is 11.8 Å². The number of hydrogen-bond acceptors (Lipinski definition) is 4. The number of likely N-dealkylation sites (N-methyl/N-ethyl adjacent to an activating group) is 1. The van der Waals surface area contributed by atoms with Gasteiger partial charge in [-0.05, 0) is 61.6 Å². The van der Waals surface area contributed by atoms with Crippen molar-refractivity contribution >= 4 is 28.5 Å². The Morgan fingerprint density at radius 1 is 1.14 bits per heavy atom. The lowest BCUT2D eigenvalue weighted by atomic mass is 9.85. The van der Waals surface area contributed by atoms with Gasteiger partial charge in [-0.3, -0.25) is 9.59 Å². The van der Waals surface area contributed by atoms with Gasteiger partial charge in [0.1, 0.15) is 6.04 Å². The first-order chi connectivity index (χ1) is 17.1. The molecular weight excluding hydrogens is 466 g/mol. The summed E-state index contributed by atoms with van der Waals surface area (Å²) in [6.07, 6.45) is 4.76. The average Bonchev–Trinajstić information content (AvgIpc) is 3.34. The van der Waals surface area contributed by atoms with Crippen LogP contribution in [0.1, 0.15) is 92.7 Å². The van der Waals surface area contributed by atoms with Gasteiger partial charge in [-0.2, -0.15) is 0 Å². The van der Waals surface area contributed by atoms with E-state index in [-0.39, 0.29) is 23.3 Å². The zero-order valence-electron chi connectivity index (χ0n) is 24.0. The summed E-state index contributed by atoms with van der Waals surface area (Å²) in [6, 6.07) is 7.68. The third-order valence-electron chi connectivity index (χ3n) is 6.01. The van der Waals surface area contributed by atoms with E-state index in [1.165, 1.54) is 16.0 Å². The summed E-state index contributed by atoms with van der Waals surface area (Å²) < 4.78 is 0. The minimum atomic E-state index is -0.394. The Hall–Kier alpha value is -2.05. The molecule has 1 aromatic rings. The van der Waals surface area contributed by atoms with Crippen LogP contribution in [0.25, 0.3) is 4.91 Å². The standard InChI is InChI=1S/C28H43N3O2S.C2H6/c1-8-10-18-34-24(20(3)4)22-15-13-21(14-16-22)19-30-26(32)23-12-11-17-31(23)27(33)25(29-9-2)28(5,6)7;1-2/h10,13-16,18,23,25,29H,8-9,11-12,17,19H2,1-7H3,(H,30,32);1-2H3/b18-10-;. The van der Waals surface area contributed by atoms with E-state index in [2.05, 4.69) is 87.9 Å². The van der Waals surface area contributed by atoms with Gasteiger partial charge in [0.15, 0.2) is 0 Å². The summed E-state index contributed by atoms with van der Waals surface area (Å²) in [7, 11) is 0. The van der Waals surface area contributed by atoms with E-state index in [0.29, 0.717) is 19.5 Å². The molecule has 1 aliphatic rings. The SMILES string of the molecule is CC.CC/C=C\SC(=C(C)C)c1ccc(CNC(=O)C2CCCN2C(=O)C(NCC)C(C)(C)C)cc1. The van der Waals surface area contributed by atoms with Gasteiger partial charge < -0.3 is 15.5 Å². The van der Waals surface area contributed by atoms with E-state index < -0.39 is 6.04 Å². The maximum absolute atomic E-state index is 13.3. The molecule has 2 N–H and O–H groups in total. The third kappa shape index (κ3) is 9.44. The molecule has 0 radical (unpaired) electrons. The highest BCUT2D eigenvalue weighted by atomic mass is 32.2. The number of thioether (sulfide) groups is 1. The fraction of sp³-hybridized carbons (Fsp3) is 0.600. The van der Waals surface area contributed by atoms with Crippen molar-refractivity contribution in [2.24, 2.45) is 5.41 Å². The molecule has 6 heteroatoms. The second kappa shape index (κ2) is 15.9. The van der Waals surface area contributed by atoms with Gasteiger partial charge in [-0.15, -0.1) is 0 Å². The van der Waals surface area contributed by atoms with E-state index in [4.69, 9.17) is 0 Å². The van der Waals surface area contributed by atoms with Crippen molar-refractivity contribution < 1.29 is 9.59 Å². The molecule has 0 saturated carbocycles. The average molecular weight is 516 g/mol. The number of rotatable bonds is 10. The van der Waals surface area contributed by atoms with Crippen LogP contribution in [-0.2, 0) is 16.1 Å². The second-order valence-corrected chi connectivity index (χ2v) is 11.1. The number of carbonyl (C=O) groups is 2. The van der Waals surface area contributed by atoms with Gasteiger partial charge in [0.2, 0.25) is 11.8 Å². The Bertz CT molecular complexity index is 880. The van der Waals surface area contributed by atoms with E-state index in [0.717, 1.165) is 24.9 Å². The summed E-state index contributed by atoms with van der Waals surface area (Å²) in [5, 5.41) is 8.53. The molecule has 2 rings (SSSR count). The minimum Gasteiger partial charge on any atom is -0.350 e. The third-order valence-corrected chi connectivity index (χ3v) is 7.22. The molecule has 1 fully saturated rings. The van der Waals surface area contributed by atoms with Crippen molar-refractivity contribution in [3.8, 4) is 0 Å². The Kier molecular flexibility index (Phi) is 14.2. The Balaban J connectivity index is 0.00000316. The summed E-state index contributed by atoms with van der Waals surface area (Å²) in [6.45, 7) is 20.4. The summed E-state index contributed by atoms with van der Waals surface area (Å²) in [5.74, 6) is -0.0374. The summed E-state index contributed by atoms with van der Waals surface area (Å²) >= 11 is 1.75. The number of nitrogens with zero attached hydrogens (tertiary/aromatic N) is 1. The van der Waals surface area contributed by atoms with Crippen molar-refractivity contribution in [3.63, 3.8) is 0 Å². The summed E-state index contributed by atoms with van der Waals surface area (Å²) in [5.41, 5.74) is 3.30. The molecule has 0 aliphatic carbocycles. The topological polar surface area (TPSA) is 61.4 Å². The number of amides is 2. The van der Waals surface area contributed by atoms with Gasteiger partial charge in [0, 0.05) is 18.0 Å². The van der Waals surface area contributed by atoms with Crippen molar-refractivity contribution in [1.29, 1.82) is 0 Å². The molecule has 1 aromatic carbocycles. The number of allylic oxidation sites excluding steroid dienone is 2. The van der Waals surface area contributed by atoms with Crippen LogP contribution < -0.4 is 10.6 Å². The number of likely N-dealkylation sites (tertiary alicyclic amines) is 1. The molecule has 1 saturated heterocycles. The van der Waals surface area contributed by atoms with E-state index >= 15 is 0 Å². The lowest BCUT2D eigenvalue weighted by molar-refractivity contribution is -0.142. The molecule has 0 spiro atoms. The van der Waals surface area contributed by atoms with E-state index in [9.17, 15) is 9.59 Å². The van der Waals surface area contributed by atoms with Gasteiger partial charge in [-0.25, -0.2) is 0 Å². The van der Waals surface area contributed by atoms with Crippen LogP contribution in [0.3, 0.4) is 0 Å². The number of benzene rings is 1. The zero-order valence-corrected chi connectivity index (χ0v) is 24.8. The largest absolute Gasteiger partial charge is 0.350 e. The first-order valence-electron chi connectivity index (χ1n) is 13.5. The van der Waals surface area contributed by atoms with Crippen LogP contribution in [0.4, 0.5) is 0 Å². The van der Waals surface area contributed by atoms with Crippen LogP contribution in [0.5, 0.6) is 0 Å². The molecule has 5 nitrogen and oxygen atoms in total. The normalized spacial score (nSPS) is 16.4. The molecular formula is C30H49N3O2S. The number of nitrogens with one attached hydrogen (secondary N) is 2. The van der Waals surface area contributed by atoms with Crippen LogP contribution in [0.2, 0.25) is 0 Å². The lowest BCUT2D eigenvalue weighted by Crippen LogP contribution is -2.56. The predicted molar refractivity (Wildman–Crippen MR) is 157 cm³/mol. The van der Waals surface area contributed by atoms with Gasteiger partial charge >= 0.3 is 0 Å². The van der Waals surface area contributed by atoms with Gasteiger partial charge in [-0.1, -0.05) is 96.1 Å². The fourth-order valence-corrected chi connectivity index (χ4v) is 5.14. The van der Waals surface area contributed by atoms with Crippen molar-refractivity contribution in [3.05, 3.63) is 52.4 Å². The Labute approximate surface area is 224 Å². The first-order valence-corrected chi connectivity index (χ1v) is 14.4. The maximum Gasteiger partial charge on any atom is 0.243 e. The highest BCUT2D eigenvalue weighted by Gasteiger charge is 2.40. The molecule has 36 heavy (non-hydrogen) atoms. The number of carbonyl (C=O) groups excluding carboxylic acids is 2. The highest BCUT2D eigenvalue weighted by Crippen LogP contribution is 2.32. The Morgan fingerprint density at radius 2 is 1.78 bits per heavy atom. The molecule has 2 amide bonds. The van der Waals surface area contributed by atoms with Gasteiger partial charge in [0.25, 0.3) is 0 Å². The van der Waals surface area contributed by atoms with Crippen molar-refractivity contribution in [2.75, 3.05) is 13.1 Å². The van der Waals surface area contributed by atoms with E-state index in [1.54, 1.807) is 16.7 Å². The molecule has 1 aliphatic heterocycles. The molecule has 0 aromatic heterocycles. The van der Waals surface area contributed by atoms with Crippen LogP contribution in [0, 0.1) is 5.41 Å². The van der Waals surface area contributed by atoms with Crippen LogP contribution in [0.15, 0.2) is 41.3 Å². The monoisotopic (exact) mass is 515 g/mol. The maximum atomic E-state index is 13.3. The second-order valence-electron chi connectivity index (χ2n) is 10.2. The molecule has 1 heterocycles. The van der Waals surface area contributed by atoms with E-state index in [1.807, 2.05) is 20.8 Å². The van der Waals surface area contributed by atoms with Crippen molar-refractivity contribution in [2.45, 2.75) is 100 Å². The molecule has 2 unspecified atom stereocenters. The highest BCUT2D eigenvalue weighted by molar-refractivity contribution is 8.10. The lowest BCUT2D eigenvalue weighted by Gasteiger charge is -2.35. The smallest absolute Gasteiger partial charge is 0.243 e. The van der Waals surface area contributed by atoms with Crippen LogP contribution in [-0.4, -0.2) is 41.9 Å². The molecule has 2 atom stereocenters. The minimum absolute atomic E-state index is 0.0280. The molecule has 0 bridgehead atoms. The van der Waals surface area contributed by atoms with Crippen molar-refractivity contribution in [1.82, 2.24) is 15.5 Å². The molecule has 202 valence electrons. The predicted octanol–water partition coefficient (Wildman–Crippen LogP) is 6.75. The first kappa shape index (κ1) is 32.0. The quantitative estimate of drug-likeness (QED) is 0.362.